The first-order valence-corrected chi connectivity index (χ1v) is 6.53. The fraction of sp³-hybridized carbons (Fsp3) is 0.0588. The molecule has 21 heavy (non-hydrogen) atoms. The molecule has 0 saturated carbocycles. The number of amides is 1. The van der Waals surface area contributed by atoms with Crippen molar-refractivity contribution in [2.45, 2.75) is 6.92 Å². The first kappa shape index (κ1) is 13.1. The zero-order valence-electron chi connectivity index (χ0n) is 11.4. The Morgan fingerprint density at radius 3 is 2.48 bits per heavy atom. The van der Waals surface area contributed by atoms with Gasteiger partial charge in [-0.2, -0.15) is 0 Å². The lowest BCUT2D eigenvalue weighted by Crippen LogP contribution is -2.11. The third-order valence-corrected chi connectivity index (χ3v) is 3.22. The fourth-order valence-electron chi connectivity index (χ4n) is 2.12. The van der Waals surface area contributed by atoms with Crippen LogP contribution < -0.4 is 5.32 Å². The van der Waals surface area contributed by atoms with Crippen LogP contribution in [0.3, 0.4) is 0 Å². The van der Waals surface area contributed by atoms with Gasteiger partial charge in [-0.15, -0.1) is 0 Å². The minimum Gasteiger partial charge on any atom is -0.459 e. The average Bonchev–Trinajstić information content (AvgIpc) is 2.95. The summed E-state index contributed by atoms with van der Waals surface area (Å²) in [5.74, 6) is -0.193. The Morgan fingerprint density at radius 1 is 1.00 bits per heavy atom. The maximum absolute atomic E-state index is 12.2. The van der Waals surface area contributed by atoms with E-state index < -0.39 is 0 Å². The number of anilines is 1. The van der Waals surface area contributed by atoms with Crippen molar-refractivity contribution in [3.8, 4) is 0 Å². The predicted molar refractivity (Wildman–Crippen MR) is 80.6 cm³/mol. The largest absolute Gasteiger partial charge is 0.459 e. The van der Waals surface area contributed by atoms with Crippen LogP contribution in [-0.4, -0.2) is 11.7 Å². The van der Waals surface area contributed by atoms with Gasteiger partial charge in [-0.25, -0.2) is 0 Å². The van der Waals surface area contributed by atoms with Crippen LogP contribution in [0.1, 0.15) is 27.8 Å². The minimum atomic E-state index is -0.239. The van der Waals surface area contributed by atoms with Crippen LogP contribution in [-0.2, 0) is 0 Å². The number of hydrogen-bond donors (Lipinski definition) is 1. The van der Waals surface area contributed by atoms with Crippen molar-refractivity contribution in [2.24, 2.45) is 0 Å². The molecule has 0 aliphatic carbocycles. The van der Waals surface area contributed by atoms with Gasteiger partial charge in [0.2, 0.25) is 0 Å². The summed E-state index contributed by atoms with van der Waals surface area (Å²) in [5, 5.41) is 4.79. The first-order chi connectivity index (χ1) is 10.1. The number of fused-ring (bicyclic) bond motifs is 1. The highest BCUT2D eigenvalue weighted by atomic mass is 16.3. The SMILES string of the molecule is CC(=O)c1cc(NC(=O)c2ccc3ccccc3c2)co1. The molecule has 2 aromatic carbocycles. The van der Waals surface area contributed by atoms with Gasteiger partial charge in [0.15, 0.2) is 11.5 Å². The molecule has 104 valence electrons. The summed E-state index contributed by atoms with van der Waals surface area (Å²) < 4.78 is 5.07. The molecule has 0 spiro atoms. The summed E-state index contributed by atoms with van der Waals surface area (Å²) in [6.45, 7) is 1.41. The normalized spacial score (nSPS) is 10.5. The van der Waals surface area contributed by atoms with E-state index in [-0.39, 0.29) is 17.5 Å². The molecule has 0 aliphatic heterocycles. The van der Waals surface area contributed by atoms with Gasteiger partial charge in [-0.1, -0.05) is 30.3 Å². The second kappa shape index (κ2) is 5.25. The second-order valence-corrected chi connectivity index (χ2v) is 4.77. The van der Waals surface area contributed by atoms with Gasteiger partial charge in [0, 0.05) is 18.6 Å². The lowest BCUT2D eigenvalue weighted by atomic mass is 10.1. The lowest BCUT2D eigenvalue weighted by Gasteiger charge is -2.04. The zero-order chi connectivity index (χ0) is 14.8. The Bertz CT molecular complexity index is 833. The number of rotatable bonds is 3. The second-order valence-electron chi connectivity index (χ2n) is 4.77. The van der Waals surface area contributed by atoms with Crippen molar-refractivity contribution in [3.05, 3.63) is 66.1 Å². The van der Waals surface area contributed by atoms with E-state index in [2.05, 4.69) is 5.32 Å². The highest BCUT2D eigenvalue weighted by molar-refractivity contribution is 6.06. The highest BCUT2D eigenvalue weighted by Gasteiger charge is 2.10. The van der Waals surface area contributed by atoms with E-state index in [0.717, 1.165) is 10.8 Å². The van der Waals surface area contributed by atoms with Crippen LogP contribution in [0.15, 0.2) is 59.2 Å². The van der Waals surface area contributed by atoms with Crippen molar-refractivity contribution in [1.82, 2.24) is 0 Å². The van der Waals surface area contributed by atoms with E-state index in [1.54, 1.807) is 6.07 Å². The van der Waals surface area contributed by atoms with Crippen molar-refractivity contribution < 1.29 is 14.0 Å². The van der Waals surface area contributed by atoms with Crippen molar-refractivity contribution in [3.63, 3.8) is 0 Å². The monoisotopic (exact) mass is 279 g/mol. The van der Waals surface area contributed by atoms with Crippen LogP contribution in [0, 0.1) is 0 Å². The summed E-state index contributed by atoms with van der Waals surface area (Å²) in [7, 11) is 0. The Hall–Kier alpha value is -2.88. The molecule has 0 atom stereocenters. The summed E-state index contributed by atoms with van der Waals surface area (Å²) in [6, 6.07) is 14.8. The molecule has 1 N–H and O–H groups in total. The summed E-state index contributed by atoms with van der Waals surface area (Å²) in [5.41, 5.74) is 1.03. The minimum absolute atomic E-state index is 0.179. The molecule has 4 heteroatoms. The molecule has 3 aromatic rings. The van der Waals surface area contributed by atoms with Crippen LogP contribution in [0.5, 0.6) is 0 Å². The Labute approximate surface area is 121 Å². The summed E-state index contributed by atoms with van der Waals surface area (Å²) in [4.78, 5) is 23.4. The molecule has 0 bridgehead atoms. The molecule has 0 saturated heterocycles. The quantitative estimate of drug-likeness (QED) is 0.740. The molecule has 3 rings (SSSR count). The molecule has 1 heterocycles. The molecule has 4 nitrogen and oxygen atoms in total. The standard InChI is InChI=1S/C17H13NO3/c1-11(19)16-9-15(10-21-16)18-17(20)14-7-6-12-4-2-3-5-13(12)8-14/h2-10H,1H3,(H,18,20). The van der Waals surface area contributed by atoms with E-state index in [0.29, 0.717) is 11.3 Å². The molecular weight excluding hydrogens is 266 g/mol. The Balaban J connectivity index is 1.84. The summed E-state index contributed by atoms with van der Waals surface area (Å²) in [6.07, 6.45) is 1.36. The van der Waals surface area contributed by atoms with E-state index >= 15 is 0 Å². The topological polar surface area (TPSA) is 59.3 Å². The molecule has 0 unspecified atom stereocenters. The maximum Gasteiger partial charge on any atom is 0.255 e. The number of furan rings is 1. The smallest absolute Gasteiger partial charge is 0.255 e. The third-order valence-electron chi connectivity index (χ3n) is 3.22. The van der Waals surface area contributed by atoms with E-state index in [1.807, 2.05) is 36.4 Å². The molecule has 0 fully saturated rings. The van der Waals surface area contributed by atoms with Crippen LogP contribution in [0.25, 0.3) is 10.8 Å². The van der Waals surface area contributed by atoms with Gasteiger partial charge in [0.25, 0.3) is 5.91 Å². The van der Waals surface area contributed by atoms with Gasteiger partial charge < -0.3 is 9.73 Å². The highest BCUT2D eigenvalue weighted by Crippen LogP contribution is 2.18. The zero-order valence-corrected chi connectivity index (χ0v) is 11.4. The van der Waals surface area contributed by atoms with E-state index in [9.17, 15) is 9.59 Å². The molecule has 1 aromatic heterocycles. The van der Waals surface area contributed by atoms with Gasteiger partial charge in [0.1, 0.15) is 6.26 Å². The van der Waals surface area contributed by atoms with Crippen molar-refractivity contribution in [1.29, 1.82) is 0 Å². The van der Waals surface area contributed by atoms with Gasteiger partial charge in [0.05, 0.1) is 5.69 Å². The predicted octanol–water partition coefficient (Wildman–Crippen LogP) is 3.89. The van der Waals surface area contributed by atoms with Crippen LogP contribution >= 0.6 is 0 Å². The Kier molecular flexibility index (Phi) is 3.28. The molecule has 1 amide bonds. The number of ketones is 1. The van der Waals surface area contributed by atoms with Gasteiger partial charge >= 0.3 is 0 Å². The number of benzene rings is 2. The lowest BCUT2D eigenvalue weighted by molar-refractivity contribution is 0.0985. The first-order valence-electron chi connectivity index (χ1n) is 6.53. The van der Waals surface area contributed by atoms with Gasteiger partial charge in [-0.3, -0.25) is 9.59 Å². The average molecular weight is 279 g/mol. The van der Waals surface area contributed by atoms with Crippen LogP contribution in [0.2, 0.25) is 0 Å². The maximum atomic E-state index is 12.2. The molecule has 0 radical (unpaired) electrons. The molecule has 0 aliphatic rings. The van der Waals surface area contributed by atoms with Crippen LogP contribution in [0.4, 0.5) is 5.69 Å². The van der Waals surface area contributed by atoms with Crippen molar-refractivity contribution >= 4 is 28.2 Å². The van der Waals surface area contributed by atoms with E-state index in [1.165, 1.54) is 19.3 Å². The number of Topliss-reactive ketones (excluding diaryl/α,β-unsaturated/α-hetero) is 1. The molecular formula is C17H13NO3. The third kappa shape index (κ3) is 2.69. The number of carbonyl (C=O) groups is 2. The summed E-state index contributed by atoms with van der Waals surface area (Å²) >= 11 is 0. The number of hydrogen-bond acceptors (Lipinski definition) is 3. The van der Waals surface area contributed by atoms with Crippen molar-refractivity contribution in [2.75, 3.05) is 5.32 Å². The Morgan fingerprint density at radius 2 is 1.76 bits per heavy atom. The van der Waals surface area contributed by atoms with E-state index in [4.69, 9.17) is 4.42 Å². The number of nitrogens with one attached hydrogen (secondary N) is 1. The number of carbonyl (C=O) groups excluding carboxylic acids is 2. The fourth-order valence-corrected chi connectivity index (χ4v) is 2.12. The van der Waals surface area contributed by atoms with Gasteiger partial charge in [-0.05, 0) is 22.9 Å².